The van der Waals surface area contributed by atoms with Gasteiger partial charge in [0.15, 0.2) is 0 Å². The lowest BCUT2D eigenvalue weighted by molar-refractivity contribution is -0.130. The van der Waals surface area contributed by atoms with Crippen LogP contribution < -0.4 is 41.9 Å². The molecule has 0 saturated carbocycles. The summed E-state index contributed by atoms with van der Waals surface area (Å²) in [7, 11) is -4.30. The summed E-state index contributed by atoms with van der Waals surface area (Å²) in [6.45, 7) is 12.9. The van der Waals surface area contributed by atoms with Crippen LogP contribution in [0.15, 0.2) is 144 Å². The molecule has 0 aromatic heterocycles. The van der Waals surface area contributed by atoms with Gasteiger partial charge in [-0.1, -0.05) is 133 Å². The zero-order valence-corrected chi connectivity index (χ0v) is 48.3. The Morgan fingerprint density at radius 2 is 0.951 bits per heavy atom. The van der Waals surface area contributed by atoms with Gasteiger partial charge in [-0.2, -0.15) is 4.72 Å². The minimum absolute atomic E-state index is 0.0193. The molecule has 0 radical (unpaired) electrons. The van der Waals surface area contributed by atoms with Crippen LogP contribution in [0, 0.1) is 6.92 Å². The van der Waals surface area contributed by atoms with Crippen molar-refractivity contribution in [2.75, 3.05) is 0 Å². The highest BCUT2D eigenvalue weighted by Crippen LogP contribution is 2.22. The van der Waals surface area contributed by atoms with Crippen molar-refractivity contribution in [2.24, 2.45) is 0 Å². The van der Waals surface area contributed by atoms with Crippen LogP contribution in [0.2, 0.25) is 0 Å². The number of fused-ring (bicyclic) bond motifs is 2. The van der Waals surface area contributed by atoms with E-state index >= 15 is 0 Å². The average Bonchev–Trinajstić information content (AvgIpc) is 3.43. The normalized spacial score (nSPS) is 13.2. The second-order valence-corrected chi connectivity index (χ2v) is 24.0. The number of benzene rings is 6. The summed E-state index contributed by atoms with van der Waals surface area (Å²) >= 11 is 0. The lowest BCUT2D eigenvalue weighted by Gasteiger charge is -2.33. The molecule has 4 atom stereocenters. The molecular formula is C63H78N8O9S. The standard InChI is InChI=1S/C63H78N8O9S/c1-42-27-30-50(31-28-42)81(79,80)71-54(61(78)67-44(3)38-58(75)65-41-49-24-16-22-47-20-12-14-26-52(47)49)39-59(76)70-63(6,7)36-35-62(4,5)69-56(73)34-32-53(68-55(72)33-29-45-17-9-8-10-18-45)60(77)66-43(2)37-57(74)64-40-48-23-15-21-46-19-11-13-25-51(46)48/h8-28,30-31,43-44,53-54,71H,29,32-41H2,1-7H3,(H,64,74)(H,65,75)(H,66,77)(H,67,78)(H,68,72)(H,69,73)(H,70,76)/t43-,44-,53-,54-/m0/s1. The van der Waals surface area contributed by atoms with Crippen LogP contribution in [0.3, 0.4) is 0 Å². The number of carbonyl (C=O) groups excluding carboxylic acids is 7. The lowest BCUT2D eigenvalue weighted by atomic mass is 9.89. The van der Waals surface area contributed by atoms with E-state index in [0.29, 0.717) is 25.8 Å². The second-order valence-electron chi connectivity index (χ2n) is 22.3. The SMILES string of the molecule is Cc1ccc(S(=O)(=O)N[C@@H](CC(=O)NC(C)(C)CCC(C)(C)NC(=O)CC[C@H](NC(=O)CCc2ccccc2)C(=O)N[C@@H](C)CC(=O)NCc2cccc3ccccc23)C(=O)N[C@@H](C)CC(=O)NCc2cccc3ccccc23)cc1. The third-order valence-corrected chi connectivity index (χ3v) is 15.4. The number of rotatable bonds is 29. The first-order valence-corrected chi connectivity index (χ1v) is 29.0. The molecule has 0 spiro atoms. The number of hydrogen-bond donors (Lipinski definition) is 8. The van der Waals surface area contributed by atoms with E-state index in [-0.39, 0.29) is 67.2 Å². The van der Waals surface area contributed by atoms with E-state index in [1.807, 2.05) is 129 Å². The van der Waals surface area contributed by atoms with Crippen LogP contribution in [0.4, 0.5) is 0 Å². The molecule has 0 saturated heterocycles. The van der Waals surface area contributed by atoms with E-state index in [2.05, 4.69) is 41.9 Å². The van der Waals surface area contributed by atoms with Gasteiger partial charge in [0.1, 0.15) is 12.1 Å². The fourth-order valence-corrected chi connectivity index (χ4v) is 10.6. The lowest BCUT2D eigenvalue weighted by Crippen LogP contribution is -2.53. The van der Waals surface area contributed by atoms with Crippen LogP contribution in [0.25, 0.3) is 21.5 Å². The Balaban J connectivity index is 1.01. The number of hydrogen-bond acceptors (Lipinski definition) is 9. The Labute approximate surface area is 476 Å². The quantitative estimate of drug-likeness (QED) is 0.0236. The highest BCUT2D eigenvalue weighted by atomic mass is 32.2. The van der Waals surface area contributed by atoms with Gasteiger partial charge < -0.3 is 37.2 Å². The maximum atomic E-state index is 13.9. The Morgan fingerprint density at radius 1 is 0.481 bits per heavy atom. The molecule has 430 valence electrons. The highest BCUT2D eigenvalue weighted by molar-refractivity contribution is 7.89. The zero-order chi connectivity index (χ0) is 58.7. The van der Waals surface area contributed by atoms with Crippen molar-refractivity contribution in [3.63, 3.8) is 0 Å². The maximum Gasteiger partial charge on any atom is 0.242 e. The molecule has 0 fully saturated rings. The second kappa shape index (κ2) is 29.0. The first-order chi connectivity index (χ1) is 38.4. The summed E-state index contributed by atoms with van der Waals surface area (Å²) < 4.78 is 29.7. The molecule has 0 heterocycles. The van der Waals surface area contributed by atoms with Gasteiger partial charge in [-0.3, -0.25) is 33.6 Å². The summed E-state index contributed by atoms with van der Waals surface area (Å²) in [5, 5.41) is 24.3. The monoisotopic (exact) mass is 1120 g/mol. The van der Waals surface area contributed by atoms with E-state index in [9.17, 15) is 42.0 Å². The van der Waals surface area contributed by atoms with Crippen LogP contribution in [-0.2, 0) is 63.1 Å². The predicted octanol–water partition coefficient (Wildman–Crippen LogP) is 7.23. The van der Waals surface area contributed by atoms with Crippen LogP contribution in [0.1, 0.15) is 115 Å². The minimum atomic E-state index is -4.30. The van der Waals surface area contributed by atoms with Crippen LogP contribution >= 0.6 is 0 Å². The zero-order valence-electron chi connectivity index (χ0n) is 47.4. The van der Waals surface area contributed by atoms with Gasteiger partial charge in [-0.05, 0) is 125 Å². The first kappa shape index (κ1) is 62.2. The third-order valence-electron chi connectivity index (χ3n) is 13.9. The Bertz CT molecular complexity index is 3270. The molecule has 6 rings (SSSR count). The Morgan fingerprint density at radius 3 is 1.48 bits per heavy atom. The molecule has 0 bridgehead atoms. The summed E-state index contributed by atoms with van der Waals surface area (Å²) in [6.07, 6.45) is 0.368. The highest BCUT2D eigenvalue weighted by Gasteiger charge is 2.33. The number of carbonyl (C=O) groups is 7. The van der Waals surface area contributed by atoms with Gasteiger partial charge in [-0.15, -0.1) is 0 Å². The Hall–Kier alpha value is -7.96. The maximum absolute atomic E-state index is 13.9. The molecule has 6 aromatic rings. The summed E-state index contributed by atoms with van der Waals surface area (Å²) in [5.41, 5.74) is 1.91. The van der Waals surface area contributed by atoms with Crippen molar-refractivity contribution in [3.8, 4) is 0 Å². The van der Waals surface area contributed by atoms with E-state index in [1.165, 1.54) is 12.1 Å². The van der Waals surface area contributed by atoms with Gasteiger partial charge >= 0.3 is 0 Å². The van der Waals surface area contributed by atoms with E-state index < -0.39 is 69.4 Å². The van der Waals surface area contributed by atoms with Crippen LogP contribution in [-0.4, -0.2) is 85.0 Å². The molecular weight excluding hydrogens is 1040 g/mol. The molecule has 6 aromatic carbocycles. The smallest absolute Gasteiger partial charge is 0.242 e. The van der Waals surface area contributed by atoms with E-state index in [0.717, 1.165) is 43.8 Å². The van der Waals surface area contributed by atoms with E-state index in [4.69, 9.17) is 0 Å². The van der Waals surface area contributed by atoms with Crippen molar-refractivity contribution >= 4 is 72.9 Å². The van der Waals surface area contributed by atoms with Crippen molar-refractivity contribution in [1.82, 2.24) is 41.9 Å². The molecule has 81 heavy (non-hydrogen) atoms. The summed E-state index contributed by atoms with van der Waals surface area (Å²) in [4.78, 5) is 94.4. The van der Waals surface area contributed by atoms with Gasteiger partial charge in [0.05, 0.1) is 11.3 Å². The Kier molecular flexibility index (Phi) is 22.3. The number of sulfonamides is 1. The summed E-state index contributed by atoms with van der Waals surface area (Å²) in [6, 6.07) is 39.0. The van der Waals surface area contributed by atoms with E-state index in [1.54, 1.807) is 46.8 Å². The molecule has 17 nitrogen and oxygen atoms in total. The van der Waals surface area contributed by atoms with Crippen molar-refractivity contribution < 1.29 is 42.0 Å². The molecule has 7 amide bonds. The minimum Gasteiger partial charge on any atom is -0.352 e. The number of amides is 7. The van der Waals surface area contributed by atoms with Crippen molar-refractivity contribution in [3.05, 3.63) is 162 Å². The topological polar surface area (TPSA) is 250 Å². The summed E-state index contributed by atoms with van der Waals surface area (Å²) in [5.74, 6) is -3.32. The van der Waals surface area contributed by atoms with Gasteiger partial charge in [0, 0.05) is 61.9 Å². The third kappa shape index (κ3) is 20.3. The van der Waals surface area contributed by atoms with Gasteiger partial charge in [-0.25, -0.2) is 8.42 Å². The molecule has 0 unspecified atom stereocenters. The molecule has 0 aliphatic carbocycles. The molecule has 0 aliphatic heterocycles. The van der Waals surface area contributed by atoms with Gasteiger partial charge in [0.25, 0.3) is 0 Å². The molecule has 18 heteroatoms. The first-order valence-electron chi connectivity index (χ1n) is 27.6. The predicted molar refractivity (Wildman–Crippen MR) is 316 cm³/mol. The average molecular weight is 1120 g/mol. The van der Waals surface area contributed by atoms with Crippen molar-refractivity contribution in [2.45, 2.75) is 159 Å². The largest absolute Gasteiger partial charge is 0.352 e. The van der Waals surface area contributed by atoms with Crippen LogP contribution in [0.5, 0.6) is 0 Å². The molecule has 8 N–H and O–H groups in total. The van der Waals surface area contributed by atoms with Crippen molar-refractivity contribution in [1.29, 1.82) is 0 Å². The molecule has 0 aliphatic rings. The fourth-order valence-electron chi connectivity index (χ4n) is 9.45. The fraction of sp³-hybridized carbons (Fsp3) is 0.381. The number of aryl methyl sites for hydroxylation is 2. The number of nitrogens with one attached hydrogen (secondary N) is 8. The van der Waals surface area contributed by atoms with Gasteiger partial charge in [0.2, 0.25) is 51.4 Å².